The lowest BCUT2D eigenvalue weighted by atomic mass is 10.1. The molecule has 5 heteroatoms. The summed E-state index contributed by atoms with van der Waals surface area (Å²) in [5, 5.41) is 18.0. The van der Waals surface area contributed by atoms with Gasteiger partial charge in [0.15, 0.2) is 0 Å². The molecule has 1 heterocycles. The fourth-order valence-corrected chi connectivity index (χ4v) is 0.780. The molecule has 0 bridgehead atoms. The van der Waals surface area contributed by atoms with E-state index in [1.807, 2.05) is 0 Å². The van der Waals surface area contributed by atoms with Gasteiger partial charge in [0, 0.05) is 0 Å². The zero-order valence-corrected chi connectivity index (χ0v) is 7.25. The molecule has 0 amide bonds. The maximum atomic E-state index is 9.10. The van der Waals surface area contributed by atoms with E-state index in [1.54, 1.807) is 0 Å². The van der Waals surface area contributed by atoms with Crippen molar-refractivity contribution in [3.05, 3.63) is 12.2 Å². The first-order chi connectivity index (χ1) is 6.04. The Kier molecular flexibility index (Phi) is 5.54. The second kappa shape index (κ2) is 6.19. The number of carboxylic acid groups (broad SMARTS) is 2. The zero-order valence-electron chi connectivity index (χ0n) is 7.25. The first-order valence-corrected chi connectivity index (χ1v) is 3.87. The van der Waals surface area contributed by atoms with E-state index < -0.39 is 11.9 Å². The zero-order chi connectivity index (χ0) is 10.3. The van der Waals surface area contributed by atoms with Gasteiger partial charge in [0.2, 0.25) is 0 Å². The smallest absolute Gasteiger partial charge is 0.414 e. The van der Waals surface area contributed by atoms with E-state index in [4.69, 9.17) is 19.8 Å². The molecule has 1 rings (SSSR count). The lowest BCUT2D eigenvalue weighted by molar-refractivity contribution is -0.159. The third kappa shape index (κ3) is 7.02. The molecule has 1 aliphatic rings. The molecule has 13 heavy (non-hydrogen) atoms. The van der Waals surface area contributed by atoms with E-state index in [2.05, 4.69) is 11.9 Å². The van der Waals surface area contributed by atoms with Crippen LogP contribution in [0.1, 0.15) is 12.8 Å². The molecule has 3 N–H and O–H groups in total. The third-order valence-electron chi connectivity index (χ3n) is 1.49. The van der Waals surface area contributed by atoms with E-state index in [1.165, 1.54) is 18.4 Å². The SMILES string of the molecule is C=C1CCNCC1.O=C(O)C(=O)O. The number of nitrogens with one attached hydrogen (secondary N) is 1. The lowest BCUT2D eigenvalue weighted by Crippen LogP contribution is -2.22. The van der Waals surface area contributed by atoms with Crippen molar-refractivity contribution in [2.75, 3.05) is 13.1 Å². The van der Waals surface area contributed by atoms with Crippen molar-refractivity contribution in [2.45, 2.75) is 12.8 Å². The van der Waals surface area contributed by atoms with Gasteiger partial charge in [0.25, 0.3) is 0 Å². The molecule has 1 fully saturated rings. The minimum atomic E-state index is -1.82. The Morgan fingerprint density at radius 2 is 1.54 bits per heavy atom. The van der Waals surface area contributed by atoms with Crippen LogP contribution in [-0.4, -0.2) is 35.2 Å². The molecule has 0 unspecified atom stereocenters. The van der Waals surface area contributed by atoms with E-state index >= 15 is 0 Å². The number of hydrogen-bond acceptors (Lipinski definition) is 3. The Morgan fingerprint density at radius 1 is 1.15 bits per heavy atom. The van der Waals surface area contributed by atoms with Crippen LogP contribution in [0.4, 0.5) is 0 Å². The molecule has 0 atom stereocenters. The van der Waals surface area contributed by atoms with Crippen molar-refractivity contribution >= 4 is 11.9 Å². The predicted octanol–water partition coefficient (Wildman–Crippen LogP) is 0.0816. The summed E-state index contributed by atoms with van der Waals surface area (Å²) >= 11 is 0. The van der Waals surface area contributed by atoms with Gasteiger partial charge in [-0.3, -0.25) is 0 Å². The lowest BCUT2D eigenvalue weighted by Gasteiger charge is -2.12. The van der Waals surface area contributed by atoms with Gasteiger partial charge in [-0.25, -0.2) is 9.59 Å². The fraction of sp³-hybridized carbons (Fsp3) is 0.500. The third-order valence-corrected chi connectivity index (χ3v) is 1.49. The van der Waals surface area contributed by atoms with Crippen molar-refractivity contribution in [1.29, 1.82) is 0 Å². The Labute approximate surface area is 76.1 Å². The van der Waals surface area contributed by atoms with Crippen molar-refractivity contribution in [3.63, 3.8) is 0 Å². The summed E-state index contributed by atoms with van der Waals surface area (Å²) in [6, 6.07) is 0. The van der Waals surface area contributed by atoms with Crippen LogP contribution in [-0.2, 0) is 9.59 Å². The minimum absolute atomic E-state index is 1.14. The average Bonchev–Trinajstić information content (AvgIpc) is 2.06. The van der Waals surface area contributed by atoms with Crippen LogP contribution in [0.3, 0.4) is 0 Å². The average molecular weight is 187 g/mol. The van der Waals surface area contributed by atoms with Crippen molar-refractivity contribution in [1.82, 2.24) is 5.32 Å². The van der Waals surface area contributed by atoms with E-state index in [9.17, 15) is 0 Å². The molecule has 0 spiro atoms. The second-order valence-corrected chi connectivity index (χ2v) is 2.61. The molecule has 1 aliphatic heterocycles. The van der Waals surface area contributed by atoms with Gasteiger partial charge in [0.1, 0.15) is 0 Å². The van der Waals surface area contributed by atoms with Crippen LogP contribution >= 0.6 is 0 Å². The summed E-state index contributed by atoms with van der Waals surface area (Å²) in [7, 11) is 0. The summed E-state index contributed by atoms with van der Waals surface area (Å²) in [4.78, 5) is 18.2. The van der Waals surface area contributed by atoms with Crippen LogP contribution in [0.2, 0.25) is 0 Å². The van der Waals surface area contributed by atoms with Crippen LogP contribution in [0.15, 0.2) is 12.2 Å². The fourth-order valence-electron chi connectivity index (χ4n) is 0.780. The first kappa shape index (κ1) is 11.6. The Morgan fingerprint density at radius 3 is 1.69 bits per heavy atom. The van der Waals surface area contributed by atoms with Gasteiger partial charge in [-0.1, -0.05) is 12.2 Å². The topological polar surface area (TPSA) is 86.6 Å². The summed E-state index contributed by atoms with van der Waals surface area (Å²) in [6.45, 7) is 6.15. The molecule has 0 saturated carbocycles. The summed E-state index contributed by atoms with van der Waals surface area (Å²) in [6.07, 6.45) is 2.36. The first-order valence-electron chi connectivity index (χ1n) is 3.87. The molecule has 0 radical (unpaired) electrons. The number of carbonyl (C=O) groups is 2. The summed E-state index contributed by atoms with van der Waals surface area (Å²) in [5.74, 6) is -3.65. The van der Waals surface area contributed by atoms with Crippen LogP contribution < -0.4 is 5.32 Å². The molecule has 0 aromatic rings. The van der Waals surface area contributed by atoms with Crippen LogP contribution in [0, 0.1) is 0 Å². The van der Waals surface area contributed by atoms with Gasteiger partial charge in [-0.05, 0) is 25.9 Å². The highest BCUT2D eigenvalue weighted by atomic mass is 16.4. The molecular weight excluding hydrogens is 174 g/mol. The van der Waals surface area contributed by atoms with Gasteiger partial charge in [0.05, 0.1) is 0 Å². The molecular formula is C8H13NO4. The van der Waals surface area contributed by atoms with Gasteiger partial charge in [-0.2, -0.15) is 0 Å². The number of hydrogen-bond donors (Lipinski definition) is 3. The molecule has 1 saturated heterocycles. The highest BCUT2D eigenvalue weighted by Crippen LogP contribution is 2.04. The standard InChI is InChI=1S/C6H11N.C2H2O4/c1-6-2-4-7-5-3-6;3-1(4)2(5)6/h7H,1-5H2;(H,3,4)(H,5,6). The maximum absolute atomic E-state index is 9.10. The monoisotopic (exact) mass is 187 g/mol. The Balaban J connectivity index is 0.000000226. The number of carboxylic acids is 2. The van der Waals surface area contributed by atoms with Crippen molar-refractivity contribution < 1.29 is 19.8 Å². The largest absolute Gasteiger partial charge is 0.473 e. The van der Waals surface area contributed by atoms with Gasteiger partial charge in [-0.15, -0.1) is 0 Å². The Hall–Kier alpha value is -1.36. The number of aliphatic carboxylic acids is 2. The van der Waals surface area contributed by atoms with E-state index in [0.717, 1.165) is 13.1 Å². The number of rotatable bonds is 0. The van der Waals surface area contributed by atoms with Crippen LogP contribution in [0.5, 0.6) is 0 Å². The molecule has 0 aromatic carbocycles. The van der Waals surface area contributed by atoms with Gasteiger partial charge < -0.3 is 15.5 Å². The summed E-state index contributed by atoms with van der Waals surface area (Å²) < 4.78 is 0. The molecule has 74 valence electrons. The quantitative estimate of drug-likeness (QED) is 0.369. The van der Waals surface area contributed by atoms with Crippen LogP contribution in [0.25, 0.3) is 0 Å². The molecule has 5 nitrogen and oxygen atoms in total. The molecule has 0 aliphatic carbocycles. The van der Waals surface area contributed by atoms with Gasteiger partial charge >= 0.3 is 11.9 Å². The van der Waals surface area contributed by atoms with E-state index in [-0.39, 0.29) is 0 Å². The highest BCUT2D eigenvalue weighted by Gasteiger charge is 2.04. The minimum Gasteiger partial charge on any atom is -0.473 e. The van der Waals surface area contributed by atoms with Crippen molar-refractivity contribution in [3.8, 4) is 0 Å². The number of piperidine rings is 1. The summed E-state index contributed by atoms with van der Waals surface area (Å²) in [5.41, 5.74) is 1.40. The van der Waals surface area contributed by atoms with E-state index in [0.29, 0.717) is 0 Å². The second-order valence-electron chi connectivity index (χ2n) is 2.61. The maximum Gasteiger partial charge on any atom is 0.414 e. The predicted molar refractivity (Wildman–Crippen MR) is 46.5 cm³/mol. The van der Waals surface area contributed by atoms with Crippen molar-refractivity contribution in [2.24, 2.45) is 0 Å². The Bertz CT molecular complexity index is 192. The highest BCUT2D eigenvalue weighted by molar-refractivity contribution is 6.27. The molecule has 0 aromatic heterocycles. The normalized spacial score (nSPS) is 15.5.